The van der Waals surface area contributed by atoms with Crippen molar-refractivity contribution >= 4 is 22.7 Å². The fraction of sp³-hybridized carbons (Fsp3) is 0.385. The summed E-state index contributed by atoms with van der Waals surface area (Å²) in [6.07, 6.45) is 0. The third-order valence-electron chi connectivity index (χ3n) is 2.80. The molecule has 2 aromatic rings. The summed E-state index contributed by atoms with van der Waals surface area (Å²) in [4.78, 5) is 7.57. The van der Waals surface area contributed by atoms with Crippen molar-refractivity contribution in [3.63, 3.8) is 0 Å². The van der Waals surface area contributed by atoms with E-state index in [0.717, 1.165) is 16.7 Å². The Morgan fingerprint density at radius 3 is 2.65 bits per heavy atom. The second-order valence-corrected chi connectivity index (χ2v) is 5.16. The Bertz CT molecular complexity index is 513. The summed E-state index contributed by atoms with van der Waals surface area (Å²) in [5.41, 5.74) is 6.03. The molecule has 0 aliphatic rings. The number of hydrogen-bond acceptors (Lipinski definition) is 3. The lowest BCUT2D eigenvalue weighted by atomic mass is 9.91. The van der Waals surface area contributed by atoms with Crippen LogP contribution in [0.1, 0.15) is 27.7 Å². The first-order valence-corrected chi connectivity index (χ1v) is 5.72. The molecule has 0 fully saturated rings. The van der Waals surface area contributed by atoms with E-state index in [1.807, 2.05) is 31.2 Å². The Kier molecular flexibility index (Phi) is 2.88. The maximum absolute atomic E-state index is 4.39. The van der Waals surface area contributed by atoms with Crippen LogP contribution < -0.4 is 5.43 Å². The van der Waals surface area contributed by atoms with Crippen molar-refractivity contribution in [2.24, 2.45) is 10.5 Å². The van der Waals surface area contributed by atoms with Crippen molar-refractivity contribution in [1.29, 1.82) is 0 Å². The van der Waals surface area contributed by atoms with Crippen LogP contribution in [0.3, 0.4) is 0 Å². The largest absolute Gasteiger partial charge is 0.323 e. The third-order valence-corrected chi connectivity index (χ3v) is 2.80. The number of anilines is 1. The lowest BCUT2D eigenvalue weighted by Gasteiger charge is -2.17. The van der Waals surface area contributed by atoms with Crippen LogP contribution in [0.2, 0.25) is 0 Å². The number of para-hydroxylation sites is 2. The molecule has 0 unspecified atom stereocenters. The SMILES string of the molecule is C/C(=N\Nc1nc2ccccc2[nH]1)C(C)(C)C. The first-order valence-electron chi connectivity index (χ1n) is 5.72. The molecule has 1 heterocycles. The standard InChI is InChI=1S/C13H18N4/c1-9(13(2,3)4)16-17-12-14-10-7-5-6-8-11(10)15-12/h5-8H,1-4H3,(H2,14,15,17)/b16-9+. The number of aromatic amines is 1. The summed E-state index contributed by atoms with van der Waals surface area (Å²) in [5.74, 6) is 0.676. The Morgan fingerprint density at radius 2 is 2.00 bits per heavy atom. The number of imidazole rings is 1. The van der Waals surface area contributed by atoms with Gasteiger partial charge in [0.15, 0.2) is 0 Å². The van der Waals surface area contributed by atoms with Gasteiger partial charge in [0, 0.05) is 11.1 Å². The van der Waals surface area contributed by atoms with E-state index in [4.69, 9.17) is 0 Å². The number of nitrogens with one attached hydrogen (secondary N) is 2. The van der Waals surface area contributed by atoms with E-state index in [9.17, 15) is 0 Å². The zero-order valence-corrected chi connectivity index (χ0v) is 10.7. The molecule has 2 N–H and O–H groups in total. The predicted molar refractivity (Wildman–Crippen MR) is 72.3 cm³/mol. The fourth-order valence-corrected chi connectivity index (χ4v) is 1.31. The predicted octanol–water partition coefficient (Wildman–Crippen LogP) is 3.40. The second kappa shape index (κ2) is 4.20. The Labute approximate surface area is 101 Å². The van der Waals surface area contributed by atoms with E-state index in [0.29, 0.717) is 5.95 Å². The van der Waals surface area contributed by atoms with Crippen molar-refractivity contribution in [3.8, 4) is 0 Å². The summed E-state index contributed by atoms with van der Waals surface area (Å²) in [7, 11) is 0. The first-order chi connectivity index (χ1) is 7.97. The average Bonchev–Trinajstić information content (AvgIpc) is 2.66. The van der Waals surface area contributed by atoms with Gasteiger partial charge in [0.05, 0.1) is 11.0 Å². The van der Waals surface area contributed by atoms with E-state index in [1.165, 1.54) is 0 Å². The number of H-pyrrole nitrogens is 1. The molecule has 0 radical (unpaired) electrons. The molecule has 0 amide bonds. The first kappa shape index (κ1) is 11.6. The van der Waals surface area contributed by atoms with Gasteiger partial charge in [0.1, 0.15) is 0 Å². The molecule has 1 aromatic carbocycles. The van der Waals surface area contributed by atoms with Crippen LogP contribution in [0.15, 0.2) is 29.4 Å². The topological polar surface area (TPSA) is 53.1 Å². The molecule has 0 aliphatic heterocycles. The summed E-state index contributed by atoms with van der Waals surface area (Å²) in [5, 5.41) is 4.33. The van der Waals surface area contributed by atoms with E-state index >= 15 is 0 Å². The number of fused-ring (bicyclic) bond motifs is 1. The van der Waals surface area contributed by atoms with Gasteiger partial charge in [-0.3, -0.25) is 0 Å². The molecule has 1 aromatic heterocycles. The van der Waals surface area contributed by atoms with Gasteiger partial charge in [-0.05, 0) is 19.1 Å². The molecule has 4 nitrogen and oxygen atoms in total. The highest BCUT2D eigenvalue weighted by molar-refractivity contribution is 5.87. The van der Waals surface area contributed by atoms with Crippen molar-refractivity contribution in [2.75, 3.05) is 5.43 Å². The highest BCUT2D eigenvalue weighted by Crippen LogP contribution is 2.17. The van der Waals surface area contributed by atoms with Crippen LogP contribution >= 0.6 is 0 Å². The van der Waals surface area contributed by atoms with Crippen molar-refractivity contribution in [2.45, 2.75) is 27.7 Å². The zero-order valence-electron chi connectivity index (χ0n) is 10.7. The summed E-state index contributed by atoms with van der Waals surface area (Å²) in [6, 6.07) is 7.91. The fourth-order valence-electron chi connectivity index (χ4n) is 1.31. The Morgan fingerprint density at radius 1 is 1.29 bits per heavy atom. The summed E-state index contributed by atoms with van der Waals surface area (Å²) in [6.45, 7) is 8.40. The molecule has 17 heavy (non-hydrogen) atoms. The Hall–Kier alpha value is -1.84. The van der Waals surface area contributed by atoms with Crippen LogP contribution in [0.25, 0.3) is 11.0 Å². The molecule has 0 spiro atoms. The highest BCUT2D eigenvalue weighted by Gasteiger charge is 2.14. The van der Waals surface area contributed by atoms with Crippen LogP contribution in [0, 0.1) is 5.41 Å². The monoisotopic (exact) mass is 230 g/mol. The number of hydrogen-bond donors (Lipinski definition) is 2. The molecule has 0 aliphatic carbocycles. The van der Waals surface area contributed by atoms with E-state index in [2.05, 4.69) is 41.3 Å². The highest BCUT2D eigenvalue weighted by atomic mass is 15.4. The summed E-state index contributed by atoms with van der Waals surface area (Å²) >= 11 is 0. The molecule has 90 valence electrons. The molecule has 2 rings (SSSR count). The van der Waals surface area contributed by atoms with E-state index < -0.39 is 0 Å². The number of benzene rings is 1. The van der Waals surface area contributed by atoms with Gasteiger partial charge in [-0.25, -0.2) is 10.4 Å². The van der Waals surface area contributed by atoms with E-state index in [-0.39, 0.29) is 5.41 Å². The van der Waals surface area contributed by atoms with Gasteiger partial charge >= 0.3 is 0 Å². The number of rotatable bonds is 2. The molecule has 0 saturated heterocycles. The lowest BCUT2D eigenvalue weighted by Crippen LogP contribution is -2.18. The Balaban J connectivity index is 2.19. The molecule has 4 heteroatoms. The van der Waals surface area contributed by atoms with Crippen LogP contribution in [-0.4, -0.2) is 15.7 Å². The third kappa shape index (κ3) is 2.64. The maximum atomic E-state index is 4.39. The van der Waals surface area contributed by atoms with Crippen LogP contribution in [-0.2, 0) is 0 Å². The molecular formula is C13H18N4. The van der Waals surface area contributed by atoms with E-state index in [1.54, 1.807) is 0 Å². The molecular weight excluding hydrogens is 212 g/mol. The normalized spacial score (nSPS) is 13.1. The van der Waals surface area contributed by atoms with Gasteiger partial charge in [0.25, 0.3) is 0 Å². The van der Waals surface area contributed by atoms with Crippen LogP contribution in [0.5, 0.6) is 0 Å². The summed E-state index contributed by atoms with van der Waals surface area (Å²) < 4.78 is 0. The minimum atomic E-state index is 0.0685. The zero-order chi connectivity index (χ0) is 12.5. The number of hydrazone groups is 1. The van der Waals surface area contributed by atoms with Gasteiger partial charge in [-0.1, -0.05) is 32.9 Å². The van der Waals surface area contributed by atoms with Crippen LogP contribution in [0.4, 0.5) is 5.95 Å². The molecule has 0 saturated carbocycles. The van der Waals surface area contributed by atoms with Gasteiger partial charge in [-0.2, -0.15) is 5.10 Å². The average molecular weight is 230 g/mol. The van der Waals surface area contributed by atoms with Crippen molar-refractivity contribution in [1.82, 2.24) is 9.97 Å². The quantitative estimate of drug-likeness (QED) is 0.613. The van der Waals surface area contributed by atoms with Crippen molar-refractivity contribution < 1.29 is 0 Å². The lowest BCUT2D eigenvalue weighted by molar-refractivity contribution is 0.587. The second-order valence-electron chi connectivity index (χ2n) is 5.16. The van der Waals surface area contributed by atoms with Gasteiger partial charge in [-0.15, -0.1) is 0 Å². The smallest absolute Gasteiger partial charge is 0.222 e. The van der Waals surface area contributed by atoms with Gasteiger partial charge in [0.2, 0.25) is 5.95 Å². The molecule has 0 bridgehead atoms. The number of aromatic nitrogens is 2. The molecule has 0 atom stereocenters. The number of nitrogens with zero attached hydrogens (tertiary/aromatic N) is 2. The van der Waals surface area contributed by atoms with Crippen molar-refractivity contribution in [3.05, 3.63) is 24.3 Å². The minimum absolute atomic E-state index is 0.0685. The maximum Gasteiger partial charge on any atom is 0.222 e. The minimum Gasteiger partial charge on any atom is -0.323 e. The van der Waals surface area contributed by atoms with Gasteiger partial charge < -0.3 is 4.98 Å².